The van der Waals surface area contributed by atoms with Gasteiger partial charge in [-0.25, -0.2) is 0 Å². The van der Waals surface area contributed by atoms with E-state index < -0.39 is 0 Å². The van der Waals surface area contributed by atoms with Crippen molar-refractivity contribution >= 4 is 62.0 Å². The van der Waals surface area contributed by atoms with Gasteiger partial charge in [-0.3, -0.25) is 9.12 Å². The molecule has 22 heavy (non-hydrogen) atoms. The Labute approximate surface area is 143 Å². The van der Waals surface area contributed by atoms with Crippen LogP contribution in [0.4, 0.5) is 5.95 Å². The fourth-order valence-electron chi connectivity index (χ4n) is 2.19. The van der Waals surface area contributed by atoms with Crippen molar-refractivity contribution in [1.29, 1.82) is 0 Å². The fraction of sp³-hybridized carbons (Fsp3) is 0. The summed E-state index contributed by atoms with van der Waals surface area (Å²) in [6.07, 6.45) is 3.86. The van der Waals surface area contributed by atoms with Crippen LogP contribution < -0.4 is 4.72 Å². The van der Waals surface area contributed by atoms with Crippen LogP contribution >= 0.6 is 39.5 Å². The summed E-state index contributed by atoms with van der Waals surface area (Å²) in [7, 11) is 0. The number of aromatic nitrogens is 4. The summed E-state index contributed by atoms with van der Waals surface area (Å²) >= 11 is 10.9. The SMILES string of the molecule is Clc1ccc2c(SNc3nnc4cc(Br)ccn34)c[nH]c2c1. The third kappa shape index (κ3) is 2.45. The van der Waals surface area contributed by atoms with Gasteiger partial charge < -0.3 is 4.98 Å². The van der Waals surface area contributed by atoms with Gasteiger partial charge >= 0.3 is 0 Å². The van der Waals surface area contributed by atoms with Gasteiger partial charge in [-0.1, -0.05) is 33.6 Å². The summed E-state index contributed by atoms with van der Waals surface area (Å²) in [6.45, 7) is 0. The van der Waals surface area contributed by atoms with E-state index in [4.69, 9.17) is 11.6 Å². The smallest absolute Gasteiger partial charge is 0.239 e. The van der Waals surface area contributed by atoms with E-state index in [1.807, 2.05) is 47.1 Å². The first-order chi connectivity index (χ1) is 10.7. The molecule has 0 saturated heterocycles. The van der Waals surface area contributed by atoms with E-state index in [1.165, 1.54) is 11.9 Å². The Kier molecular flexibility index (Phi) is 3.48. The number of fused-ring (bicyclic) bond motifs is 2. The second kappa shape index (κ2) is 5.49. The number of aromatic amines is 1. The van der Waals surface area contributed by atoms with Gasteiger partial charge in [0.25, 0.3) is 0 Å². The Balaban J connectivity index is 1.63. The van der Waals surface area contributed by atoms with E-state index in [1.54, 1.807) is 0 Å². The second-order valence-electron chi connectivity index (χ2n) is 4.64. The molecular weight excluding hydrogens is 386 g/mol. The van der Waals surface area contributed by atoms with Crippen molar-refractivity contribution in [3.05, 3.63) is 52.2 Å². The van der Waals surface area contributed by atoms with Gasteiger partial charge in [0.1, 0.15) is 0 Å². The number of anilines is 1. The lowest BCUT2D eigenvalue weighted by Crippen LogP contribution is -1.93. The second-order valence-corrected chi connectivity index (χ2v) is 6.84. The largest absolute Gasteiger partial charge is 0.360 e. The molecule has 0 unspecified atom stereocenters. The number of nitrogens with one attached hydrogen (secondary N) is 2. The molecule has 5 nitrogen and oxygen atoms in total. The number of hydrogen-bond donors (Lipinski definition) is 2. The Morgan fingerprint density at radius 1 is 1.23 bits per heavy atom. The highest BCUT2D eigenvalue weighted by molar-refractivity contribution is 9.10. The first-order valence-electron chi connectivity index (χ1n) is 6.40. The Bertz CT molecular complexity index is 900. The van der Waals surface area contributed by atoms with Gasteiger partial charge in [-0.2, -0.15) is 0 Å². The van der Waals surface area contributed by atoms with Crippen LogP contribution in [0.15, 0.2) is 52.1 Å². The van der Waals surface area contributed by atoms with E-state index in [0.29, 0.717) is 11.0 Å². The maximum Gasteiger partial charge on any atom is 0.239 e. The maximum atomic E-state index is 6.00. The van der Waals surface area contributed by atoms with E-state index in [-0.39, 0.29) is 0 Å². The number of H-pyrrole nitrogens is 1. The number of rotatable bonds is 3. The van der Waals surface area contributed by atoms with Gasteiger partial charge in [0.15, 0.2) is 5.65 Å². The van der Waals surface area contributed by atoms with Crippen molar-refractivity contribution in [1.82, 2.24) is 19.6 Å². The van der Waals surface area contributed by atoms with Crippen molar-refractivity contribution in [2.75, 3.05) is 4.72 Å². The zero-order valence-electron chi connectivity index (χ0n) is 11.0. The summed E-state index contributed by atoms with van der Waals surface area (Å²) in [5.74, 6) is 0.677. The van der Waals surface area contributed by atoms with Crippen LogP contribution in [-0.2, 0) is 0 Å². The normalized spacial score (nSPS) is 11.4. The molecule has 3 aromatic heterocycles. The molecule has 0 spiro atoms. The predicted octanol–water partition coefficient (Wildman–Crippen LogP) is 4.75. The van der Waals surface area contributed by atoms with Crippen LogP contribution in [0.25, 0.3) is 16.6 Å². The van der Waals surface area contributed by atoms with E-state index >= 15 is 0 Å². The minimum atomic E-state index is 0.677. The van der Waals surface area contributed by atoms with Crippen molar-refractivity contribution in [2.24, 2.45) is 0 Å². The third-order valence-corrected chi connectivity index (χ3v) is 4.80. The molecule has 4 aromatic rings. The van der Waals surface area contributed by atoms with Crippen LogP contribution in [0.3, 0.4) is 0 Å². The molecule has 1 aromatic carbocycles. The van der Waals surface area contributed by atoms with E-state index in [0.717, 1.165) is 25.9 Å². The number of nitrogens with zero attached hydrogens (tertiary/aromatic N) is 3. The first-order valence-corrected chi connectivity index (χ1v) is 8.39. The van der Waals surface area contributed by atoms with Gasteiger partial charge in [-0.15, -0.1) is 10.2 Å². The number of hydrogen-bond acceptors (Lipinski definition) is 4. The highest BCUT2D eigenvalue weighted by Crippen LogP contribution is 2.30. The lowest BCUT2D eigenvalue weighted by Gasteiger charge is -2.02. The third-order valence-electron chi connectivity index (χ3n) is 3.23. The molecule has 0 saturated carbocycles. The fourth-order valence-corrected chi connectivity index (χ4v) is 3.43. The van der Waals surface area contributed by atoms with Crippen LogP contribution in [0.1, 0.15) is 0 Å². The monoisotopic (exact) mass is 393 g/mol. The number of halogens is 2. The van der Waals surface area contributed by atoms with Gasteiger partial charge in [0.05, 0.1) is 4.90 Å². The quantitative estimate of drug-likeness (QED) is 0.493. The molecule has 0 fully saturated rings. The van der Waals surface area contributed by atoms with Crippen LogP contribution in [0, 0.1) is 0 Å². The summed E-state index contributed by atoms with van der Waals surface area (Å²) in [6, 6.07) is 9.64. The Morgan fingerprint density at radius 3 is 3.05 bits per heavy atom. The molecule has 0 aliphatic heterocycles. The molecule has 0 aliphatic rings. The zero-order valence-corrected chi connectivity index (χ0v) is 14.2. The summed E-state index contributed by atoms with van der Waals surface area (Å²) in [4.78, 5) is 4.28. The molecule has 0 atom stereocenters. The molecular formula is C14H9BrClN5S. The topological polar surface area (TPSA) is 58.0 Å². The van der Waals surface area contributed by atoms with Crippen LogP contribution in [0.5, 0.6) is 0 Å². The molecule has 3 heterocycles. The maximum absolute atomic E-state index is 6.00. The molecule has 2 N–H and O–H groups in total. The molecule has 8 heteroatoms. The Hall–Kier alpha value is -1.70. The van der Waals surface area contributed by atoms with Gasteiger partial charge in [0.2, 0.25) is 5.95 Å². The zero-order chi connectivity index (χ0) is 15.1. The van der Waals surface area contributed by atoms with Crippen molar-refractivity contribution in [3.8, 4) is 0 Å². The molecule has 110 valence electrons. The highest BCUT2D eigenvalue weighted by Gasteiger charge is 2.08. The summed E-state index contributed by atoms with van der Waals surface area (Å²) in [5, 5.41) is 10.1. The Morgan fingerprint density at radius 2 is 2.14 bits per heavy atom. The van der Waals surface area contributed by atoms with Crippen molar-refractivity contribution in [2.45, 2.75) is 4.90 Å². The molecule has 0 amide bonds. The average Bonchev–Trinajstić information content (AvgIpc) is 3.08. The van der Waals surface area contributed by atoms with Gasteiger partial charge in [-0.05, 0) is 36.2 Å². The van der Waals surface area contributed by atoms with E-state index in [9.17, 15) is 0 Å². The standard InChI is InChI=1S/C14H9BrClN5S/c15-8-3-4-21-13(5-8)18-19-14(21)20-22-12-7-17-11-6-9(16)1-2-10(11)12/h1-7,17H,(H,19,20). The summed E-state index contributed by atoms with van der Waals surface area (Å²) < 4.78 is 6.10. The van der Waals surface area contributed by atoms with Crippen LogP contribution in [-0.4, -0.2) is 19.6 Å². The van der Waals surface area contributed by atoms with Gasteiger partial charge in [0, 0.05) is 32.8 Å². The molecule has 0 radical (unpaired) electrons. The molecule has 4 rings (SSSR count). The van der Waals surface area contributed by atoms with Crippen LogP contribution in [0.2, 0.25) is 5.02 Å². The highest BCUT2D eigenvalue weighted by atomic mass is 79.9. The summed E-state index contributed by atoms with van der Waals surface area (Å²) in [5.41, 5.74) is 1.79. The lowest BCUT2D eigenvalue weighted by molar-refractivity contribution is 1.12. The van der Waals surface area contributed by atoms with Crippen molar-refractivity contribution in [3.63, 3.8) is 0 Å². The average molecular weight is 395 g/mol. The van der Waals surface area contributed by atoms with Crippen molar-refractivity contribution < 1.29 is 0 Å². The van der Waals surface area contributed by atoms with E-state index in [2.05, 4.69) is 35.8 Å². The number of pyridine rings is 1. The predicted molar refractivity (Wildman–Crippen MR) is 93.5 cm³/mol. The minimum Gasteiger partial charge on any atom is -0.360 e. The minimum absolute atomic E-state index is 0.677. The number of benzene rings is 1. The first kappa shape index (κ1) is 13.9. The lowest BCUT2D eigenvalue weighted by atomic mass is 10.2. The molecule has 0 aliphatic carbocycles. The molecule has 0 bridgehead atoms.